The van der Waals surface area contributed by atoms with E-state index in [1.807, 2.05) is 13.0 Å². The summed E-state index contributed by atoms with van der Waals surface area (Å²) in [7, 11) is 1.27. The van der Waals surface area contributed by atoms with Crippen LogP contribution in [0.25, 0.3) is 16.9 Å². The molecule has 0 aliphatic heterocycles. The van der Waals surface area contributed by atoms with Crippen molar-refractivity contribution in [2.24, 2.45) is 22.2 Å². The van der Waals surface area contributed by atoms with Crippen LogP contribution in [0.15, 0.2) is 53.9 Å². The zero-order valence-electron chi connectivity index (χ0n) is 30.5. The van der Waals surface area contributed by atoms with Crippen LogP contribution in [0, 0.1) is 11.6 Å². The number of carbonyl (C=O) groups is 3. The third-order valence-corrected chi connectivity index (χ3v) is 8.92. The SMILES string of the molecule is CCc1cc(Nc2nccn3c(-c4ccc(OC)c(F)c4F)cnc23)ccc1C(=O)NC1CCC(NC(=O)C(N)CCCN=C(N)N)CC1.O=C(O)C(F)(F)F. The number of guanidine groups is 1. The molecule has 1 atom stereocenters. The highest BCUT2D eigenvalue weighted by Gasteiger charge is 2.38. The predicted octanol–water partition coefficient (Wildman–Crippen LogP) is 4.16. The van der Waals surface area contributed by atoms with Crippen LogP contribution in [0.4, 0.5) is 33.5 Å². The fourth-order valence-electron chi connectivity index (χ4n) is 6.02. The highest BCUT2D eigenvalue weighted by Crippen LogP contribution is 2.32. The second-order valence-corrected chi connectivity index (χ2v) is 12.8. The summed E-state index contributed by atoms with van der Waals surface area (Å²) in [5.41, 5.74) is 19.6. The van der Waals surface area contributed by atoms with Crippen molar-refractivity contribution in [1.82, 2.24) is 25.0 Å². The Morgan fingerprint density at radius 1 is 1.04 bits per heavy atom. The van der Waals surface area contributed by atoms with Gasteiger partial charge in [0.25, 0.3) is 5.91 Å². The number of imidazole rings is 1. The molecule has 5 rings (SSSR count). The van der Waals surface area contributed by atoms with Crippen molar-refractivity contribution < 1.29 is 46.2 Å². The van der Waals surface area contributed by atoms with Crippen molar-refractivity contribution in [3.63, 3.8) is 0 Å². The molecule has 2 heterocycles. The van der Waals surface area contributed by atoms with E-state index < -0.39 is 29.8 Å². The second kappa shape index (κ2) is 19.0. The third-order valence-electron chi connectivity index (χ3n) is 8.92. The van der Waals surface area contributed by atoms with Crippen LogP contribution >= 0.6 is 0 Å². The van der Waals surface area contributed by atoms with E-state index in [0.717, 1.165) is 31.2 Å². The van der Waals surface area contributed by atoms with Gasteiger partial charge >= 0.3 is 12.1 Å². The Morgan fingerprint density at radius 3 is 2.30 bits per heavy atom. The number of rotatable bonds is 13. The molecule has 10 N–H and O–H groups in total. The summed E-state index contributed by atoms with van der Waals surface area (Å²) in [6, 6.07) is 7.59. The summed E-state index contributed by atoms with van der Waals surface area (Å²) in [4.78, 5) is 47.5. The van der Waals surface area contributed by atoms with E-state index >= 15 is 0 Å². The molecule has 1 aliphatic rings. The summed E-state index contributed by atoms with van der Waals surface area (Å²) in [6.07, 6.45) is 4.13. The van der Waals surface area contributed by atoms with E-state index in [2.05, 4.69) is 30.9 Å². The van der Waals surface area contributed by atoms with Gasteiger partial charge in [-0.2, -0.15) is 17.6 Å². The normalized spacial score (nSPS) is 15.9. The topological polar surface area (TPSA) is 237 Å². The number of nitrogens with one attached hydrogen (secondary N) is 3. The summed E-state index contributed by atoms with van der Waals surface area (Å²) in [5.74, 6) is -5.00. The van der Waals surface area contributed by atoms with Gasteiger partial charge in [0.05, 0.1) is 25.0 Å². The minimum Gasteiger partial charge on any atom is -0.494 e. The van der Waals surface area contributed by atoms with Gasteiger partial charge in [-0.05, 0) is 80.8 Å². The molecule has 1 saturated carbocycles. The van der Waals surface area contributed by atoms with Crippen molar-refractivity contribution >= 4 is 40.9 Å². The molecule has 302 valence electrons. The quantitative estimate of drug-likeness (QED) is 0.0439. The molecule has 0 saturated heterocycles. The maximum atomic E-state index is 14.9. The average Bonchev–Trinajstić information content (AvgIpc) is 3.59. The molecule has 15 nitrogen and oxygen atoms in total. The van der Waals surface area contributed by atoms with E-state index in [-0.39, 0.29) is 41.2 Å². The molecule has 1 fully saturated rings. The van der Waals surface area contributed by atoms with E-state index in [1.54, 1.807) is 22.7 Å². The Hall–Kier alpha value is -6.05. The number of halogens is 5. The van der Waals surface area contributed by atoms with E-state index in [1.165, 1.54) is 31.6 Å². The lowest BCUT2D eigenvalue weighted by molar-refractivity contribution is -0.192. The number of carbonyl (C=O) groups excluding carboxylic acids is 2. The largest absolute Gasteiger partial charge is 0.494 e. The summed E-state index contributed by atoms with van der Waals surface area (Å²) < 4.78 is 67.6. The second-order valence-electron chi connectivity index (χ2n) is 12.8. The van der Waals surface area contributed by atoms with Crippen molar-refractivity contribution in [1.29, 1.82) is 0 Å². The van der Waals surface area contributed by atoms with Crippen LogP contribution < -0.4 is 37.9 Å². The molecule has 1 unspecified atom stereocenters. The molecule has 2 aromatic carbocycles. The van der Waals surface area contributed by atoms with Crippen LogP contribution in [0.1, 0.15) is 61.4 Å². The summed E-state index contributed by atoms with van der Waals surface area (Å²) in [6.45, 7) is 2.39. The van der Waals surface area contributed by atoms with E-state index in [4.69, 9.17) is 31.8 Å². The Labute approximate surface area is 317 Å². The smallest absolute Gasteiger partial charge is 0.490 e. The van der Waals surface area contributed by atoms with Gasteiger partial charge in [0.15, 0.2) is 29.0 Å². The van der Waals surface area contributed by atoms with Gasteiger partial charge in [-0.1, -0.05) is 6.92 Å². The summed E-state index contributed by atoms with van der Waals surface area (Å²) in [5, 5.41) is 16.6. The standard InChI is InChI=1S/C34H42F2N10O3.C2HF3O2/c1-3-19-17-22(43-30-31-42-18-26(46(31)16-15-40-30)24-12-13-27(49-2)29(36)28(24)35)10-11-23(19)32(47)44-20-6-8-21(9-7-20)45-33(48)25(37)5-4-14-41-34(38)39;3-2(4,5)1(6)7/h10-13,15-18,20-21,25H,3-9,14,37H2,1-2H3,(H,40,43)(H,44,47)(H,45,48)(H4,38,39,41);(H,6,7). The van der Waals surface area contributed by atoms with Crippen LogP contribution in [0.2, 0.25) is 0 Å². The van der Waals surface area contributed by atoms with Crippen LogP contribution in [0.5, 0.6) is 5.75 Å². The number of carboxylic acids is 1. The molecule has 0 bridgehead atoms. The number of amides is 2. The van der Waals surface area contributed by atoms with Crippen molar-refractivity contribution in [2.75, 3.05) is 19.0 Å². The van der Waals surface area contributed by atoms with Crippen LogP contribution in [-0.2, 0) is 16.0 Å². The number of fused-ring (bicyclic) bond motifs is 1. The number of nitrogens with two attached hydrogens (primary N) is 3. The number of benzene rings is 2. The van der Waals surface area contributed by atoms with Crippen molar-refractivity contribution in [2.45, 2.75) is 76.2 Å². The van der Waals surface area contributed by atoms with Gasteiger partial charge in [-0.3, -0.25) is 19.0 Å². The number of anilines is 2. The maximum Gasteiger partial charge on any atom is 0.490 e. The molecule has 20 heteroatoms. The minimum absolute atomic E-state index is 0.00147. The molecular formula is C36H43F5N10O5. The Bertz CT molecular complexity index is 2050. The third kappa shape index (κ3) is 11.0. The van der Waals surface area contributed by atoms with E-state index in [0.29, 0.717) is 54.2 Å². The van der Waals surface area contributed by atoms with Crippen molar-refractivity contribution in [3.05, 3.63) is 71.7 Å². The molecule has 56 heavy (non-hydrogen) atoms. The summed E-state index contributed by atoms with van der Waals surface area (Å²) >= 11 is 0. The number of hydrogen-bond donors (Lipinski definition) is 7. The average molecular weight is 791 g/mol. The highest BCUT2D eigenvalue weighted by atomic mass is 19.4. The zero-order valence-corrected chi connectivity index (χ0v) is 30.5. The molecule has 2 aromatic heterocycles. The van der Waals surface area contributed by atoms with E-state index in [9.17, 15) is 31.5 Å². The number of methoxy groups -OCH3 is 1. The minimum atomic E-state index is -5.08. The first-order chi connectivity index (χ1) is 26.5. The van der Waals surface area contributed by atoms with Gasteiger partial charge < -0.3 is 43.0 Å². The lowest BCUT2D eigenvalue weighted by atomic mass is 9.90. The molecule has 0 radical (unpaired) electrons. The number of aliphatic carboxylic acids is 1. The zero-order chi connectivity index (χ0) is 41.2. The number of alkyl halides is 3. The molecular weight excluding hydrogens is 747 g/mol. The molecule has 1 aliphatic carbocycles. The maximum absolute atomic E-state index is 14.9. The Balaban J connectivity index is 0.000000908. The predicted molar refractivity (Wildman–Crippen MR) is 197 cm³/mol. The number of hydrogen-bond acceptors (Lipinski definition) is 9. The van der Waals surface area contributed by atoms with Gasteiger partial charge in [-0.25, -0.2) is 19.2 Å². The van der Waals surface area contributed by atoms with Gasteiger partial charge in [0.2, 0.25) is 11.7 Å². The number of carboxylic acid groups (broad SMARTS) is 1. The molecule has 2 amide bonds. The lowest BCUT2D eigenvalue weighted by Gasteiger charge is -2.30. The highest BCUT2D eigenvalue weighted by molar-refractivity contribution is 5.96. The van der Waals surface area contributed by atoms with Crippen LogP contribution in [-0.4, -0.2) is 81.2 Å². The fourth-order valence-corrected chi connectivity index (χ4v) is 6.02. The first-order valence-corrected chi connectivity index (χ1v) is 17.5. The number of aliphatic imine (C=N–C) groups is 1. The molecule has 0 spiro atoms. The fraction of sp³-hybridized carbons (Fsp3) is 0.389. The Kier molecular flexibility index (Phi) is 14.5. The monoisotopic (exact) mass is 790 g/mol. The van der Waals surface area contributed by atoms with Crippen molar-refractivity contribution in [3.8, 4) is 17.0 Å². The first kappa shape index (κ1) is 42.7. The van der Waals surface area contributed by atoms with Gasteiger partial charge in [0, 0.05) is 47.8 Å². The first-order valence-electron chi connectivity index (χ1n) is 17.5. The number of ether oxygens (including phenoxy) is 1. The van der Waals surface area contributed by atoms with Gasteiger partial charge in [0.1, 0.15) is 0 Å². The number of aryl methyl sites for hydroxylation is 1. The molecule has 4 aromatic rings. The number of aromatic nitrogens is 3. The lowest BCUT2D eigenvalue weighted by Crippen LogP contribution is -2.48. The van der Waals surface area contributed by atoms with Gasteiger partial charge in [-0.15, -0.1) is 0 Å². The van der Waals surface area contributed by atoms with Crippen LogP contribution in [0.3, 0.4) is 0 Å². The Morgan fingerprint density at radius 2 is 1.70 bits per heavy atom. The number of nitrogens with zero attached hydrogens (tertiary/aromatic N) is 4.